The summed E-state index contributed by atoms with van der Waals surface area (Å²) in [6.07, 6.45) is 6.00. The topological polar surface area (TPSA) is 82.7 Å². The molecule has 0 atom stereocenters. The van der Waals surface area contributed by atoms with Gasteiger partial charge in [0.1, 0.15) is 5.65 Å². The predicted octanol–water partition coefficient (Wildman–Crippen LogP) is 4.08. The molecule has 30 heavy (non-hydrogen) atoms. The summed E-state index contributed by atoms with van der Waals surface area (Å²) in [4.78, 5) is 25.0. The number of carbonyl (C=O) groups excluding carboxylic acids is 1. The number of nitrogens with one attached hydrogen (secondary N) is 3. The van der Waals surface area contributed by atoms with Crippen LogP contribution in [0, 0.1) is 5.92 Å². The standard InChI is InChI=1S/C23H23N5OS/c29-22(27-11-15-6-8-24-9-7-15)23-28-20(14-30-23)19-13-26-21-18(19)10-17(12-25-21)16-4-2-1-3-5-16/h1-5,10,12-15,24H,6-9,11H2,(H,25,26)(H,27,29). The van der Waals surface area contributed by atoms with E-state index in [0.29, 0.717) is 17.5 Å². The Morgan fingerprint density at radius 2 is 2.00 bits per heavy atom. The summed E-state index contributed by atoms with van der Waals surface area (Å²) in [7, 11) is 0. The van der Waals surface area contributed by atoms with E-state index < -0.39 is 0 Å². The molecule has 5 rings (SSSR count). The Morgan fingerprint density at radius 3 is 2.83 bits per heavy atom. The van der Waals surface area contributed by atoms with Gasteiger partial charge in [0.05, 0.1) is 5.69 Å². The first kappa shape index (κ1) is 19.0. The molecule has 3 aromatic heterocycles. The van der Waals surface area contributed by atoms with Gasteiger partial charge in [-0.15, -0.1) is 11.3 Å². The molecule has 1 saturated heterocycles. The number of pyridine rings is 1. The average molecular weight is 418 g/mol. The summed E-state index contributed by atoms with van der Waals surface area (Å²) in [5.41, 5.74) is 4.75. The number of H-pyrrole nitrogens is 1. The van der Waals surface area contributed by atoms with Crippen molar-refractivity contribution in [2.75, 3.05) is 19.6 Å². The third kappa shape index (κ3) is 3.86. The SMILES string of the molecule is O=C(NCC1CCNCC1)c1nc(-c2c[nH]c3ncc(-c4ccccc4)cc23)cs1. The van der Waals surface area contributed by atoms with Crippen LogP contribution >= 0.6 is 11.3 Å². The zero-order valence-electron chi connectivity index (χ0n) is 16.5. The quantitative estimate of drug-likeness (QED) is 0.457. The number of hydrogen-bond donors (Lipinski definition) is 3. The Balaban J connectivity index is 1.37. The van der Waals surface area contributed by atoms with Gasteiger partial charge in [-0.05, 0) is 43.5 Å². The van der Waals surface area contributed by atoms with Gasteiger partial charge in [-0.3, -0.25) is 4.79 Å². The molecular formula is C23H23N5OS. The zero-order chi connectivity index (χ0) is 20.3. The van der Waals surface area contributed by atoms with Crippen molar-refractivity contribution in [3.05, 3.63) is 59.2 Å². The van der Waals surface area contributed by atoms with Gasteiger partial charge in [0, 0.05) is 40.8 Å². The van der Waals surface area contributed by atoms with Crippen LogP contribution in [0.1, 0.15) is 22.6 Å². The molecule has 6 nitrogen and oxygen atoms in total. The fraction of sp³-hybridized carbons (Fsp3) is 0.261. The van der Waals surface area contributed by atoms with E-state index in [4.69, 9.17) is 0 Å². The van der Waals surface area contributed by atoms with Crippen molar-refractivity contribution in [3.63, 3.8) is 0 Å². The summed E-state index contributed by atoms with van der Waals surface area (Å²) in [6, 6.07) is 12.3. The Kier molecular flexibility index (Phi) is 5.29. The van der Waals surface area contributed by atoms with Crippen LogP contribution in [0.5, 0.6) is 0 Å². The second-order valence-electron chi connectivity index (χ2n) is 7.63. The van der Waals surface area contributed by atoms with Crippen molar-refractivity contribution >= 4 is 28.3 Å². The van der Waals surface area contributed by atoms with Crippen LogP contribution in [0.2, 0.25) is 0 Å². The second-order valence-corrected chi connectivity index (χ2v) is 8.49. The largest absolute Gasteiger partial charge is 0.350 e. The van der Waals surface area contributed by atoms with E-state index in [9.17, 15) is 4.79 Å². The summed E-state index contributed by atoms with van der Waals surface area (Å²) in [6.45, 7) is 2.77. The van der Waals surface area contributed by atoms with Crippen molar-refractivity contribution in [2.24, 2.45) is 5.92 Å². The van der Waals surface area contributed by atoms with E-state index in [1.165, 1.54) is 11.3 Å². The number of benzene rings is 1. The third-order valence-electron chi connectivity index (χ3n) is 5.62. The lowest BCUT2D eigenvalue weighted by atomic mass is 9.98. The normalized spacial score (nSPS) is 14.8. The third-order valence-corrected chi connectivity index (χ3v) is 6.46. The van der Waals surface area contributed by atoms with Crippen LogP contribution in [0.15, 0.2) is 54.2 Å². The number of hydrogen-bond acceptors (Lipinski definition) is 5. The van der Waals surface area contributed by atoms with Crippen molar-refractivity contribution in [1.82, 2.24) is 25.6 Å². The van der Waals surface area contributed by atoms with Crippen LogP contribution < -0.4 is 10.6 Å². The molecule has 0 saturated carbocycles. The van der Waals surface area contributed by atoms with Gasteiger partial charge >= 0.3 is 0 Å². The van der Waals surface area contributed by atoms with Gasteiger partial charge in [-0.25, -0.2) is 9.97 Å². The molecule has 1 aliphatic rings. The lowest BCUT2D eigenvalue weighted by Gasteiger charge is -2.22. The molecule has 0 radical (unpaired) electrons. The molecule has 0 bridgehead atoms. The Labute approximate surface area is 178 Å². The Morgan fingerprint density at radius 1 is 1.17 bits per heavy atom. The van der Waals surface area contributed by atoms with Crippen molar-refractivity contribution in [2.45, 2.75) is 12.8 Å². The molecule has 1 aromatic carbocycles. The van der Waals surface area contributed by atoms with E-state index >= 15 is 0 Å². The number of fused-ring (bicyclic) bond motifs is 1. The van der Waals surface area contributed by atoms with E-state index in [2.05, 4.69) is 43.8 Å². The maximum absolute atomic E-state index is 12.6. The minimum atomic E-state index is -0.0901. The number of piperidine rings is 1. The fourth-order valence-electron chi connectivity index (χ4n) is 3.90. The van der Waals surface area contributed by atoms with Gasteiger partial charge in [0.2, 0.25) is 0 Å². The highest BCUT2D eigenvalue weighted by atomic mass is 32.1. The summed E-state index contributed by atoms with van der Waals surface area (Å²) >= 11 is 1.38. The van der Waals surface area contributed by atoms with Crippen LogP contribution in [0.3, 0.4) is 0 Å². The maximum Gasteiger partial charge on any atom is 0.280 e. The molecule has 3 N–H and O–H groups in total. The van der Waals surface area contributed by atoms with E-state index in [1.807, 2.05) is 36.0 Å². The number of thiazole rings is 1. The van der Waals surface area contributed by atoms with Gasteiger partial charge in [-0.2, -0.15) is 0 Å². The lowest BCUT2D eigenvalue weighted by Crippen LogP contribution is -2.35. The Bertz CT molecular complexity index is 1160. The first-order chi connectivity index (χ1) is 14.8. The predicted molar refractivity (Wildman–Crippen MR) is 121 cm³/mol. The minimum Gasteiger partial charge on any atom is -0.350 e. The van der Waals surface area contributed by atoms with Crippen LogP contribution in [0.25, 0.3) is 33.4 Å². The molecule has 152 valence electrons. The molecule has 0 unspecified atom stereocenters. The van der Waals surface area contributed by atoms with Gasteiger partial charge < -0.3 is 15.6 Å². The van der Waals surface area contributed by atoms with Crippen molar-refractivity contribution in [3.8, 4) is 22.4 Å². The first-order valence-corrected chi connectivity index (χ1v) is 11.1. The van der Waals surface area contributed by atoms with E-state index in [-0.39, 0.29) is 5.91 Å². The summed E-state index contributed by atoms with van der Waals surface area (Å²) in [5.74, 6) is 0.457. The number of carbonyl (C=O) groups is 1. The monoisotopic (exact) mass is 417 g/mol. The molecule has 0 spiro atoms. The fourth-order valence-corrected chi connectivity index (χ4v) is 4.64. The zero-order valence-corrected chi connectivity index (χ0v) is 17.3. The first-order valence-electron chi connectivity index (χ1n) is 10.3. The van der Waals surface area contributed by atoms with E-state index in [0.717, 1.165) is 59.3 Å². The molecule has 4 aromatic rings. The second kappa shape index (κ2) is 8.38. The molecule has 7 heteroatoms. The minimum absolute atomic E-state index is 0.0901. The van der Waals surface area contributed by atoms with Gasteiger partial charge in [0.15, 0.2) is 5.01 Å². The highest BCUT2D eigenvalue weighted by Crippen LogP contribution is 2.31. The van der Waals surface area contributed by atoms with E-state index in [1.54, 1.807) is 0 Å². The number of aromatic amines is 1. The van der Waals surface area contributed by atoms with Gasteiger partial charge in [-0.1, -0.05) is 30.3 Å². The molecule has 1 amide bonds. The number of amides is 1. The van der Waals surface area contributed by atoms with Crippen molar-refractivity contribution in [1.29, 1.82) is 0 Å². The number of rotatable bonds is 5. The highest BCUT2D eigenvalue weighted by Gasteiger charge is 2.18. The van der Waals surface area contributed by atoms with Gasteiger partial charge in [0.25, 0.3) is 5.91 Å². The van der Waals surface area contributed by atoms with Crippen molar-refractivity contribution < 1.29 is 4.79 Å². The molecular weight excluding hydrogens is 394 g/mol. The smallest absolute Gasteiger partial charge is 0.280 e. The molecule has 1 aliphatic heterocycles. The highest BCUT2D eigenvalue weighted by molar-refractivity contribution is 7.12. The number of nitrogens with zero attached hydrogens (tertiary/aromatic N) is 2. The van der Waals surface area contributed by atoms with Crippen LogP contribution in [-0.2, 0) is 0 Å². The lowest BCUT2D eigenvalue weighted by molar-refractivity contribution is 0.0944. The number of aromatic nitrogens is 3. The molecule has 0 aliphatic carbocycles. The Hall–Kier alpha value is -3.03. The summed E-state index contributed by atoms with van der Waals surface area (Å²) in [5, 5.41) is 9.85. The average Bonchev–Trinajstić information content (AvgIpc) is 3.45. The van der Waals surface area contributed by atoms with Crippen LogP contribution in [-0.4, -0.2) is 40.5 Å². The molecule has 4 heterocycles. The van der Waals surface area contributed by atoms with Crippen LogP contribution in [0.4, 0.5) is 0 Å². The molecule has 1 fully saturated rings. The maximum atomic E-state index is 12.6. The summed E-state index contributed by atoms with van der Waals surface area (Å²) < 4.78 is 0.